The first kappa shape index (κ1) is 15.3. The maximum Gasteiger partial charge on any atom is 0.311 e. The smallest absolute Gasteiger partial charge is 0.311 e. The summed E-state index contributed by atoms with van der Waals surface area (Å²) in [7, 11) is 0. The van der Waals surface area contributed by atoms with Crippen LogP contribution in [0.15, 0.2) is 12.2 Å². The lowest BCUT2D eigenvalue weighted by Crippen LogP contribution is -2.36. The number of carbonyl (C=O) groups is 1. The van der Waals surface area contributed by atoms with Crippen molar-refractivity contribution in [2.75, 3.05) is 0 Å². The van der Waals surface area contributed by atoms with E-state index in [4.69, 9.17) is 4.74 Å². The van der Waals surface area contributed by atoms with E-state index in [0.29, 0.717) is 5.92 Å². The molecule has 0 unspecified atom stereocenters. The number of esters is 1. The van der Waals surface area contributed by atoms with Crippen LogP contribution in [0.2, 0.25) is 0 Å². The summed E-state index contributed by atoms with van der Waals surface area (Å²) >= 11 is 0. The predicted octanol–water partition coefficient (Wildman–Crippen LogP) is 4.35. The molecule has 0 aliphatic heterocycles. The minimum Gasteiger partial charge on any atom is -0.457 e. The van der Waals surface area contributed by atoms with Gasteiger partial charge >= 0.3 is 5.97 Å². The molecule has 1 aliphatic carbocycles. The lowest BCUT2D eigenvalue weighted by molar-refractivity contribution is -0.158. The highest BCUT2D eigenvalue weighted by Gasteiger charge is 2.35. The van der Waals surface area contributed by atoms with Gasteiger partial charge in [-0.05, 0) is 56.9 Å². The van der Waals surface area contributed by atoms with Gasteiger partial charge in [0.2, 0.25) is 0 Å². The normalized spacial score (nSPS) is 26.0. The third kappa shape index (κ3) is 3.86. The Labute approximate surface area is 112 Å². The molecule has 0 saturated heterocycles. The van der Waals surface area contributed by atoms with Crippen molar-refractivity contribution in [1.29, 1.82) is 0 Å². The molecule has 104 valence electrons. The summed E-state index contributed by atoms with van der Waals surface area (Å²) in [6.45, 7) is 16.5. The van der Waals surface area contributed by atoms with Crippen LogP contribution in [0.3, 0.4) is 0 Å². The topological polar surface area (TPSA) is 26.3 Å². The SMILES string of the molecule is C=C1CC[C@H](C(C)(C)C)C[C@H]1OC(=O)C(C)(C)C. The van der Waals surface area contributed by atoms with Crippen molar-refractivity contribution >= 4 is 5.97 Å². The van der Waals surface area contributed by atoms with Gasteiger partial charge < -0.3 is 4.74 Å². The van der Waals surface area contributed by atoms with Gasteiger partial charge in [-0.3, -0.25) is 4.79 Å². The van der Waals surface area contributed by atoms with Crippen molar-refractivity contribution in [2.45, 2.75) is 66.9 Å². The van der Waals surface area contributed by atoms with Crippen LogP contribution in [0.5, 0.6) is 0 Å². The molecule has 1 rings (SSSR count). The van der Waals surface area contributed by atoms with Gasteiger partial charge in [0, 0.05) is 0 Å². The molecule has 0 N–H and O–H groups in total. The van der Waals surface area contributed by atoms with Crippen LogP contribution >= 0.6 is 0 Å². The van der Waals surface area contributed by atoms with Crippen molar-refractivity contribution in [3.63, 3.8) is 0 Å². The Morgan fingerprint density at radius 2 is 1.78 bits per heavy atom. The van der Waals surface area contributed by atoms with Gasteiger partial charge in [0.15, 0.2) is 0 Å². The number of ether oxygens (including phenoxy) is 1. The van der Waals surface area contributed by atoms with E-state index in [1.54, 1.807) is 0 Å². The van der Waals surface area contributed by atoms with Crippen molar-refractivity contribution < 1.29 is 9.53 Å². The standard InChI is InChI=1S/C16H28O2/c1-11-8-9-12(15(2,3)4)10-13(11)18-14(17)16(5,6)7/h12-13H,1,8-10H2,2-7H3/t12-,13+/m0/s1. The maximum atomic E-state index is 12.0. The quantitative estimate of drug-likeness (QED) is 0.512. The van der Waals surface area contributed by atoms with Crippen LogP contribution in [0, 0.1) is 16.7 Å². The molecule has 0 radical (unpaired) electrons. The van der Waals surface area contributed by atoms with Crippen LogP contribution in [0.25, 0.3) is 0 Å². The van der Waals surface area contributed by atoms with E-state index in [-0.39, 0.29) is 17.5 Å². The molecule has 0 spiro atoms. The zero-order valence-corrected chi connectivity index (χ0v) is 12.8. The van der Waals surface area contributed by atoms with Crippen molar-refractivity contribution in [3.8, 4) is 0 Å². The second-order valence-electron chi connectivity index (χ2n) is 7.64. The molecule has 0 heterocycles. The molecule has 0 aromatic carbocycles. The van der Waals surface area contributed by atoms with E-state index < -0.39 is 5.41 Å². The third-order valence-electron chi connectivity index (χ3n) is 3.85. The van der Waals surface area contributed by atoms with E-state index >= 15 is 0 Å². The second kappa shape index (κ2) is 5.07. The van der Waals surface area contributed by atoms with Crippen LogP contribution in [-0.2, 0) is 9.53 Å². The summed E-state index contributed by atoms with van der Waals surface area (Å²) in [5.41, 5.74) is 0.912. The van der Waals surface area contributed by atoms with E-state index in [9.17, 15) is 4.79 Å². The number of hydrogen-bond acceptors (Lipinski definition) is 2. The monoisotopic (exact) mass is 252 g/mol. The molecule has 1 saturated carbocycles. The van der Waals surface area contributed by atoms with Gasteiger partial charge in [0.25, 0.3) is 0 Å². The van der Waals surface area contributed by atoms with Crippen LogP contribution in [0.4, 0.5) is 0 Å². The first-order chi connectivity index (χ1) is 8.01. The molecule has 2 nitrogen and oxygen atoms in total. The number of carbonyl (C=O) groups excluding carboxylic acids is 1. The average molecular weight is 252 g/mol. The molecule has 2 atom stereocenters. The number of hydrogen-bond donors (Lipinski definition) is 0. The van der Waals surface area contributed by atoms with Gasteiger partial charge in [-0.1, -0.05) is 27.4 Å². The highest BCUT2D eigenvalue weighted by Crippen LogP contribution is 2.40. The zero-order chi connectivity index (χ0) is 14.1. The largest absolute Gasteiger partial charge is 0.457 e. The summed E-state index contributed by atoms with van der Waals surface area (Å²) in [6.07, 6.45) is 2.97. The van der Waals surface area contributed by atoms with Gasteiger partial charge in [0.05, 0.1) is 5.41 Å². The fourth-order valence-corrected chi connectivity index (χ4v) is 2.29. The second-order valence-corrected chi connectivity index (χ2v) is 7.64. The van der Waals surface area contributed by atoms with E-state index in [1.165, 1.54) is 0 Å². The van der Waals surface area contributed by atoms with Crippen molar-refractivity contribution in [3.05, 3.63) is 12.2 Å². The molecule has 0 bridgehead atoms. The van der Waals surface area contributed by atoms with E-state index in [2.05, 4.69) is 27.4 Å². The molecule has 1 aliphatic rings. The Hall–Kier alpha value is -0.790. The molecule has 0 amide bonds. The zero-order valence-electron chi connectivity index (χ0n) is 12.8. The average Bonchev–Trinajstić information content (AvgIpc) is 2.18. The molecule has 0 aromatic heterocycles. The Kier molecular flexibility index (Phi) is 4.30. The van der Waals surface area contributed by atoms with Crippen molar-refractivity contribution in [1.82, 2.24) is 0 Å². The van der Waals surface area contributed by atoms with E-state index in [1.807, 2.05) is 20.8 Å². The minimum atomic E-state index is -0.436. The first-order valence-corrected chi connectivity index (χ1v) is 6.90. The maximum absolute atomic E-state index is 12.0. The first-order valence-electron chi connectivity index (χ1n) is 6.90. The molecule has 1 fully saturated rings. The summed E-state index contributed by atoms with van der Waals surface area (Å²) < 4.78 is 5.65. The Balaban J connectivity index is 2.70. The Morgan fingerprint density at radius 1 is 1.22 bits per heavy atom. The molecular formula is C16H28O2. The van der Waals surface area contributed by atoms with Crippen LogP contribution in [-0.4, -0.2) is 12.1 Å². The lowest BCUT2D eigenvalue weighted by atomic mass is 9.70. The lowest BCUT2D eigenvalue weighted by Gasteiger charge is -2.39. The third-order valence-corrected chi connectivity index (χ3v) is 3.85. The Morgan fingerprint density at radius 3 is 2.22 bits per heavy atom. The molecule has 18 heavy (non-hydrogen) atoms. The van der Waals surface area contributed by atoms with E-state index in [0.717, 1.165) is 24.8 Å². The highest BCUT2D eigenvalue weighted by molar-refractivity contribution is 5.75. The summed E-state index contributed by atoms with van der Waals surface area (Å²) in [4.78, 5) is 12.0. The van der Waals surface area contributed by atoms with Crippen LogP contribution in [0.1, 0.15) is 60.8 Å². The summed E-state index contributed by atoms with van der Waals surface area (Å²) in [6, 6.07) is 0. The van der Waals surface area contributed by atoms with Gasteiger partial charge in [-0.25, -0.2) is 0 Å². The van der Waals surface area contributed by atoms with Crippen LogP contribution < -0.4 is 0 Å². The summed E-state index contributed by atoms with van der Waals surface area (Å²) in [5, 5.41) is 0. The minimum absolute atomic E-state index is 0.0882. The molecule has 2 heteroatoms. The highest BCUT2D eigenvalue weighted by atomic mass is 16.5. The Bertz CT molecular complexity index is 328. The fraction of sp³-hybridized carbons (Fsp3) is 0.812. The van der Waals surface area contributed by atoms with Gasteiger partial charge in [0.1, 0.15) is 6.10 Å². The van der Waals surface area contributed by atoms with Crippen molar-refractivity contribution in [2.24, 2.45) is 16.7 Å². The fourth-order valence-electron chi connectivity index (χ4n) is 2.29. The summed E-state index contributed by atoms with van der Waals surface area (Å²) in [5.74, 6) is 0.476. The predicted molar refractivity (Wildman–Crippen MR) is 75.3 cm³/mol. The van der Waals surface area contributed by atoms with Gasteiger partial charge in [-0.15, -0.1) is 0 Å². The number of rotatable bonds is 1. The van der Waals surface area contributed by atoms with Gasteiger partial charge in [-0.2, -0.15) is 0 Å². The molecular weight excluding hydrogens is 224 g/mol. The molecule has 0 aromatic rings.